The third-order valence-electron chi connectivity index (χ3n) is 3.96. The van der Waals surface area contributed by atoms with E-state index >= 15 is 0 Å². The number of aromatic hydroxyl groups is 1. The van der Waals surface area contributed by atoms with Gasteiger partial charge in [0.1, 0.15) is 12.4 Å². The number of hydrogen-bond donors (Lipinski definition) is 1. The zero-order chi connectivity index (χ0) is 17.0. The second kappa shape index (κ2) is 7.13. The van der Waals surface area contributed by atoms with Crippen LogP contribution in [0.25, 0.3) is 11.3 Å². The second-order valence-electron chi connectivity index (χ2n) is 5.45. The van der Waals surface area contributed by atoms with Crippen molar-refractivity contribution in [1.29, 1.82) is 0 Å². The molecule has 124 valence electrons. The molecule has 0 bridgehead atoms. The predicted octanol–water partition coefficient (Wildman–Crippen LogP) is 2.55. The van der Waals surface area contributed by atoms with E-state index in [-0.39, 0.29) is 24.5 Å². The molecule has 0 aliphatic carbocycles. The molecule has 0 radical (unpaired) electrons. The zero-order valence-corrected chi connectivity index (χ0v) is 13.9. The molecule has 0 aliphatic rings. The van der Waals surface area contributed by atoms with Crippen molar-refractivity contribution in [3.8, 4) is 17.0 Å². The number of aryl methyl sites for hydroxylation is 1. The highest BCUT2D eigenvalue weighted by Crippen LogP contribution is 2.23. The number of carbonyl (C=O) groups is 1. The summed E-state index contributed by atoms with van der Waals surface area (Å²) >= 11 is 0. The Balaban J connectivity index is 2.13. The molecule has 7 nitrogen and oxygen atoms in total. The van der Waals surface area contributed by atoms with Crippen molar-refractivity contribution in [3.05, 3.63) is 30.2 Å². The number of rotatable bonds is 5. The van der Waals surface area contributed by atoms with Crippen LogP contribution in [-0.4, -0.2) is 44.0 Å². The Hall–Kier alpha value is -2.57. The smallest absolute Gasteiger partial charge is 0.410 e. The summed E-state index contributed by atoms with van der Waals surface area (Å²) in [4.78, 5) is 17.8. The SMILES string of the molecule is CCC(C)N(C)C(=O)OCc1c(-c2ccc(O)cn2)cnn1C. The number of pyridine rings is 1. The van der Waals surface area contributed by atoms with Crippen LogP contribution in [0.2, 0.25) is 0 Å². The van der Waals surface area contributed by atoms with Gasteiger partial charge in [-0.2, -0.15) is 5.10 Å². The first kappa shape index (κ1) is 16.8. The first-order chi connectivity index (χ1) is 10.9. The van der Waals surface area contributed by atoms with Gasteiger partial charge >= 0.3 is 6.09 Å². The lowest BCUT2D eigenvalue weighted by molar-refractivity contribution is 0.0910. The lowest BCUT2D eigenvalue weighted by atomic mass is 10.1. The fraction of sp³-hybridized carbons (Fsp3) is 0.438. The number of amides is 1. The molecule has 0 fully saturated rings. The van der Waals surface area contributed by atoms with E-state index in [0.717, 1.165) is 17.7 Å². The summed E-state index contributed by atoms with van der Waals surface area (Å²) in [7, 11) is 3.51. The van der Waals surface area contributed by atoms with E-state index in [1.807, 2.05) is 13.8 Å². The second-order valence-corrected chi connectivity index (χ2v) is 5.45. The summed E-state index contributed by atoms with van der Waals surface area (Å²) in [6.45, 7) is 4.09. The molecule has 2 rings (SSSR count). The van der Waals surface area contributed by atoms with Gasteiger partial charge < -0.3 is 14.7 Å². The Morgan fingerprint density at radius 1 is 1.43 bits per heavy atom. The van der Waals surface area contributed by atoms with Crippen molar-refractivity contribution in [2.75, 3.05) is 7.05 Å². The lowest BCUT2D eigenvalue weighted by Crippen LogP contribution is -2.35. The van der Waals surface area contributed by atoms with Crippen molar-refractivity contribution < 1.29 is 14.6 Å². The van der Waals surface area contributed by atoms with Crippen molar-refractivity contribution in [2.45, 2.75) is 32.9 Å². The Kier molecular flexibility index (Phi) is 5.20. The molecule has 2 aromatic rings. The minimum Gasteiger partial charge on any atom is -0.506 e. The van der Waals surface area contributed by atoms with Crippen LogP contribution in [0.1, 0.15) is 26.0 Å². The summed E-state index contributed by atoms with van der Waals surface area (Å²) in [6.07, 6.45) is 3.53. The van der Waals surface area contributed by atoms with Gasteiger partial charge in [-0.3, -0.25) is 9.67 Å². The molecule has 2 aromatic heterocycles. The van der Waals surface area contributed by atoms with Crippen molar-refractivity contribution in [2.24, 2.45) is 7.05 Å². The Morgan fingerprint density at radius 3 is 2.78 bits per heavy atom. The van der Waals surface area contributed by atoms with Crippen molar-refractivity contribution >= 4 is 6.09 Å². The first-order valence-corrected chi connectivity index (χ1v) is 7.49. The van der Waals surface area contributed by atoms with Gasteiger partial charge in [0.05, 0.1) is 23.8 Å². The molecule has 0 aliphatic heterocycles. The van der Waals surface area contributed by atoms with E-state index in [0.29, 0.717) is 5.69 Å². The summed E-state index contributed by atoms with van der Waals surface area (Å²) in [5.74, 6) is 0.0980. The Bertz CT molecular complexity index is 666. The average molecular weight is 318 g/mol. The highest BCUT2D eigenvalue weighted by Gasteiger charge is 2.18. The molecule has 1 N–H and O–H groups in total. The van der Waals surface area contributed by atoms with Gasteiger partial charge in [-0.1, -0.05) is 6.92 Å². The zero-order valence-electron chi connectivity index (χ0n) is 13.9. The van der Waals surface area contributed by atoms with Gasteiger partial charge in [-0.05, 0) is 25.5 Å². The minimum absolute atomic E-state index is 0.0980. The third kappa shape index (κ3) is 3.80. The van der Waals surface area contributed by atoms with E-state index in [1.165, 1.54) is 6.20 Å². The predicted molar refractivity (Wildman–Crippen MR) is 85.8 cm³/mol. The van der Waals surface area contributed by atoms with Crippen LogP contribution in [0, 0.1) is 0 Å². The van der Waals surface area contributed by atoms with Gasteiger partial charge in [-0.25, -0.2) is 4.79 Å². The number of hydrogen-bond acceptors (Lipinski definition) is 5. The maximum absolute atomic E-state index is 12.1. The first-order valence-electron chi connectivity index (χ1n) is 7.49. The summed E-state index contributed by atoms with van der Waals surface area (Å²) < 4.78 is 7.04. The molecule has 0 aromatic carbocycles. The summed E-state index contributed by atoms with van der Waals surface area (Å²) in [6, 6.07) is 3.37. The topological polar surface area (TPSA) is 80.5 Å². The van der Waals surface area contributed by atoms with Gasteiger partial charge in [0.2, 0.25) is 0 Å². The molecular formula is C16H22N4O3. The van der Waals surface area contributed by atoms with Crippen LogP contribution in [0.3, 0.4) is 0 Å². The Labute approximate surface area is 135 Å². The van der Waals surface area contributed by atoms with Crippen molar-refractivity contribution in [3.63, 3.8) is 0 Å². The lowest BCUT2D eigenvalue weighted by Gasteiger charge is -2.23. The van der Waals surface area contributed by atoms with Crippen LogP contribution < -0.4 is 0 Å². The molecule has 23 heavy (non-hydrogen) atoms. The standard InChI is InChI=1S/C16H22N4O3/c1-5-11(2)19(3)16(22)23-10-15-13(9-18-20(15)4)14-7-6-12(21)8-17-14/h6-9,11,21H,5,10H2,1-4H3. The van der Waals surface area contributed by atoms with Crippen LogP contribution in [0.4, 0.5) is 4.79 Å². The largest absolute Gasteiger partial charge is 0.506 e. The molecule has 0 saturated carbocycles. The molecule has 1 amide bonds. The third-order valence-corrected chi connectivity index (χ3v) is 3.96. The van der Waals surface area contributed by atoms with Crippen LogP contribution in [0.5, 0.6) is 5.75 Å². The maximum atomic E-state index is 12.1. The van der Waals surface area contributed by atoms with Gasteiger partial charge in [0.15, 0.2) is 0 Å². The Morgan fingerprint density at radius 2 is 2.17 bits per heavy atom. The van der Waals surface area contributed by atoms with Crippen molar-refractivity contribution in [1.82, 2.24) is 19.7 Å². The summed E-state index contributed by atoms with van der Waals surface area (Å²) in [5.41, 5.74) is 2.18. The highest BCUT2D eigenvalue weighted by molar-refractivity contribution is 5.68. The fourth-order valence-electron chi connectivity index (χ4n) is 2.08. The van der Waals surface area contributed by atoms with Crippen LogP contribution >= 0.6 is 0 Å². The quantitative estimate of drug-likeness (QED) is 0.916. The van der Waals surface area contributed by atoms with Gasteiger partial charge in [0, 0.05) is 25.7 Å². The fourth-order valence-corrected chi connectivity index (χ4v) is 2.08. The van der Waals surface area contributed by atoms with E-state index in [9.17, 15) is 9.90 Å². The van der Waals surface area contributed by atoms with Crippen LogP contribution in [-0.2, 0) is 18.4 Å². The number of nitrogens with zero attached hydrogens (tertiary/aromatic N) is 4. The molecule has 1 unspecified atom stereocenters. The monoisotopic (exact) mass is 318 g/mol. The molecule has 2 heterocycles. The molecule has 0 spiro atoms. The minimum atomic E-state index is -0.370. The van der Waals surface area contributed by atoms with Gasteiger partial charge in [0.25, 0.3) is 0 Å². The normalized spacial score (nSPS) is 12.0. The number of aromatic nitrogens is 3. The molecular weight excluding hydrogens is 296 g/mol. The number of ether oxygens (including phenoxy) is 1. The van der Waals surface area contributed by atoms with E-state index in [1.54, 1.807) is 42.0 Å². The summed E-state index contributed by atoms with van der Waals surface area (Å²) in [5, 5.41) is 13.5. The van der Waals surface area contributed by atoms with E-state index < -0.39 is 0 Å². The van der Waals surface area contributed by atoms with Crippen LogP contribution in [0.15, 0.2) is 24.5 Å². The average Bonchev–Trinajstić information content (AvgIpc) is 2.92. The molecule has 7 heteroatoms. The maximum Gasteiger partial charge on any atom is 0.410 e. The molecule has 0 saturated heterocycles. The highest BCUT2D eigenvalue weighted by atomic mass is 16.6. The molecule has 1 atom stereocenters. The van der Waals surface area contributed by atoms with E-state index in [2.05, 4.69) is 10.1 Å². The van der Waals surface area contributed by atoms with E-state index in [4.69, 9.17) is 4.74 Å². The number of carbonyl (C=O) groups excluding carboxylic acids is 1. The van der Waals surface area contributed by atoms with Gasteiger partial charge in [-0.15, -0.1) is 0 Å².